The van der Waals surface area contributed by atoms with E-state index in [1.54, 1.807) is 0 Å². The van der Waals surface area contributed by atoms with Gasteiger partial charge in [0.1, 0.15) is 0 Å². The Morgan fingerprint density at radius 1 is 1.38 bits per heavy atom. The number of halogens is 1. The second-order valence-corrected chi connectivity index (χ2v) is 5.02. The molecule has 0 saturated carbocycles. The van der Waals surface area contributed by atoms with E-state index >= 15 is 0 Å². The molecule has 0 aliphatic rings. The smallest absolute Gasteiger partial charge is 0.0239 e. The summed E-state index contributed by atoms with van der Waals surface area (Å²) in [5, 5.41) is 0. The van der Waals surface area contributed by atoms with Crippen molar-refractivity contribution < 1.29 is 0 Å². The van der Waals surface area contributed by atoms with E-state index in [1.165, 1.54) is 12.0 Å². The Bertz CT molecular complexity index is 318. The van der Waals surface area contributed by atoms with Crippen LogP contribution in [0.5, 0.6) is 0 Å². The molecule has 1 rings (SSSR count). The van der Waals surface area contributed by atoms with E-state index in [2.05, 4.69) is 65.5 Å². The van der Waals surface area contributed by atoms with Crippen LogP contribution in [0.25, 0.3) is 0 Å². The fourth-order valence-electron chi connectivity index (χ4n) is 1.65. The van der Waals surface area contributed by atoms with Crippen LogP contribution in [0.2, 0.25) is 0 Å². The minimum atomic E-state index is 0.599. The van der Waals surface area contributed by atoms with E-state index in [0.29, 0.717) is 6.04 Å². The molecule has 0 amide bonds. The van der Waals surface area contributed by atoms with Gasteiger partial charge in [0, 0.05) is 23.6 Å². The molecule has 0 spiro atoms. The molecular weight excluding hydrogens is 262 g/mol. The Morgan fingerprint density at radius 3 is 2.50 bits per heavy atom. The molecule has 0 aromatic heterocycles. The standard InChI is InChI=1S/C14H20BrN/c1-4-10-16(12(3)5-2)11-13-6-8-14(15)9-7-13/h4,6-9,12H,1,5,10-11H2,2-3H3. The molecular formula is C14H20BrN. The molecule has 88 valence electrons. The fourth-order valence-corrected chi connectivity index (χ4v) is 1.91. The first-order valence-corrected chi connectivity index (χ1v) is 6.56. The lowest BCUT2D eigenvalue weighted by Gasteiger charge is -2.27. The van der Waals surface area contributed by atoms with Crippen molar-refractivity contribution in [2.75, 3.05) is 6.54 Å². The van der Waals surface area contributed by atoms with Crippen LogP contribution in [-0.4, -0.2) is 17.5 Å². The second-order valence-electron chi connectivity index (χ2n) is 4.10. The van der Waals surface area contributed by atoms with Gasteiger partial charge in [0.05, 0.1) is 0 Å². The van der Waals surface area contributed by atoms with E-state index in [1.807, 2.05) is 6.08 Å². The largest absolute Gasteiger partial charge is 0.293 e. The van der Waals surface area contributed by atoms with Crippen LogP contribution >= 0.6 is 15.9 Å². The van der Waals surface area contributed by atoms with Gasteiger partial charge in [-0.1, -0.05) is 41.1 Å². The zero-order chi connectivity index (χ0) is 12.0. The van der Waals surface area contributed by atoms with Crippen LogP contribution in [0.1, 0.15) is 25.8 Å². The quantitative estimate of drug-likeness (QED) is 0.705. The van der Waals surface area contributed by atoms with Crippen molar-refractivity contribution in [3.8, 4) is 0 Å². The summed E-state index contributed by atoms with van der Waals surface area (Å²) in [4.78, 5) is 2.44. The summed E-state index contributed by atoms with van der Waals surface area (Å²) in [6.45, 7) is 10.3. The SMILES string of the molecule is C=CCN(Cc1ccc(Br)cc1)C(C)CC. The highest BCUT2D eigenvalue weighted by atomic mass is 79.9. The topological polar surface area (TPSA) is 3.24 Å². The van der Waals surface area contributed by atoms with E-state index in [9.17, 15) is 0 Å². The highest BCUT2D eigenvalue weighted by Gasteiger charge is 2.10. The molecule has 0 N–H and O–H groups in total. The molecule has 0 saturated heterocycles. The first-order valence-electron chi connectivity index (χ1n) is 5.76. The van der Waals surface area contributed by atoms with Gasteiger partial charge in [0.25, 0.3) is 0 Å². The Kier molecular flexibility index (Phi) is 5.78. The summed E-state index contributed by atoms with van der Waals surface area (Å²) in [5.41, 5.74) is 1.35. The maximum atomic E-state index is 3.82. The molecule has 0 aliphatic carbocycles. The van der Waals surface area contributed by atoms with Crippen molar-refractivity contribution >= 4 is 15.9 Å². The normalized spacial score (nSPS) is 12.8. The van der Waals surface area contributed by atoms with Gasteiger partial charge in [-0.15, -0.1) is 6.58 Å². The molecule has 0 radical (unpaired) electrons. The molecule has 1 unspecified atom stereocenters. The summed E-state index contributed by atoms with van der Waals surface area (Å²) in [5.74, 6) is 0. The van der Waals surface area contributed by atoms with Crippen LogP contribution in [0.3, 0.4) is 0 Å². The Labute approximate surface area is 107 Å². The first-order chi connectivity index (χ1) is 7.67. The molecule has 1 nitrogen and oxygen atoms in total. The van der Waals surface area contributed by atoms with E-state index in [0.717, 1.165) is 17.6 Å². The lowest BCUT2D eigenvalue weighted by Crippen LogP contribution is -2.32. The lowest BCUT2D eigenvalue weighted by atomic mass is 10.1. The first kappa shape index (κ1) is 13.5. The zero-order valence-corrected chi connectivity index (χ0v) is 11.7. The minimum Gasteiger partial charge on any atom is -0.293 e. The van der Waals surface area contributed by atoms with Gasteiger partial charge < -0.3 is 0 Å². The van der Waals surface area contributed by atoms with E-state index in [-0.39, 0.29) is 0 Å². The molecule has 0 aliphatic heterocycles. The Balaban J connectivity index is 2.67. The third-order valence-electron chi connectivity index (χ3n) is 2.88. The molecule has 1 atom stereocenters. The van der Waals surface area contributed by atoms with Crippen molar-refractivity contribution in [3.63, 3.8) is 0 Å². The van der Waals surface area contributed by atoms with Gasteiger partial charge in [-0.05, 0) is 31.0 Å². The molecule has 0 bridgehead atoms. The Morgan fingerprint density at radius 2 is 2.00 bits per heavy atom. The molecule has 0 fully saturated rings. The highest BCUT2D eigenvalue weighted by Crippen LogP contribution is 2.14. The maximum absolute atomic E-state index is 3.82. The van der Waals surface area contributed by atoms with E-state index in [4.69, 9.17) is 0 Å². The fraction of sp³-hybridized carbons (Fsp3) is 0.429. The third-order valence-corrected chi connectivity index (χ3v) is 3.41. The molecule has 1 aromatic rings. The Hall–Kier alpha value is -0.600. The van der Waals surface area contributed by atoms with Crippen LogP contribution in [0.4, 0.5) is 0 Å². The predicted octanol–water partition coefficient (Wildman–Crippen LogP) is 4.24. The summed E-state index contributed by atoms with van der Waals surface area (Å²) in [6, 6.07) is 9.13. The van der Waals surface area contributed by atoms with Crippen molar-refractivity contribution in [1.82, 2.24) is 4.90 Å². The third kappa shape index (κ3) is 4.11. The van der Waals surface area contributed by atoms with Crippen molar-refractivity contribution in [2.24, 2.45) is 0 Å². The summed E-state index contributed by atoms with van der Waals surface area (Å²) >= 11 is 3.46. The summed E-state index contributed by atoms with van der Waals surface area (Å²) < 4.78 is 1.13. The lowest BCUT2D eigenvalue weighted by molar-refractivity contribution is 0.217. The van der Waals surface area contributed by atoms with Gasteiger partial charge in [-0.25, -0.2) is 0 Å². The predicted molar refractivity (Wildman–Crippen MR) is 74.5 cm³/mol. The number of nitrogens with zero attached hydrogens (tertiary/aromatic N) is 1. The van der Waals surface area contributed by atoms with Gasteiger partial charge >= 0.3 is 0 Å². The summed E-state index contributed by atoms with van der Waals surface area (Å²) in [7, 11) is 0. The maximum Gasteiger partial charge on any atom is 0.0239 e. The van der Waals surface area contributed by atoms with Crippen molar-refractivity contribution in [3.05, 3.63) is 47.0 Å². The summed E-state index contributed by atoms with van der Waals surface area (Å²) in [6.07, 6.45) is 3.15. The molecule has 0 heterocycles. The van der Waals surface area contributed by atoms with Crippen molar-refractivity contribution in [2.45, 2.75) is 32.9 Å². The van der Waals surface area contributed by atoms with Gasteiger partial charge in [0.2, 0.25) is 0 Å². The van der Waals surface area contributed by atoms with Gasteiger partial charge in [0.15, 0.2) is 0 Å². The number of rotatable bonds is 6. The monoisotopic (exact) mass is 281 g/mol. The minimum absolute atomic E-state index is 0.599. The highest BCUT2D eigenvalue weighted by molar-refractivity contribution is 9.10. The van der Waals surface area contributed by atoms with Gasteiger partial charge in [-0.2, -0.15) is 0 Å². The average Bonchev–Trinajstić information content (AvgIpc) is 2.30. The average molecular weight is 282 g/mol. The molecule has 2 heteroatoms. The van der Waals surface area contributed by atoms with Crippen LogP contribution in [0.15, 0.2) is 41.4 Å². The van der Waals surface area contributed by atoms with Crippen LogP contribution in [-0.2, 0) is 6.54 Å². The van der Waals surface area contributed by atoms with Gasteiger partial charge in [-0.3, -0.25) is 4.90 Å². The zero-order valence-electron chi connectivity index (χ0n) is 10.1. The number of benzene rings is 1. The molecule has 16 heavy (non-hydrogen) atoms. The second kappa shape index (κ2) is 6.87. The molecule has 1 aromatic carbocycles. The number of hydrogen-bond acceptors (Lipinski definition) is 1. The number of hydrogen-bond donors (Lipinski definition) is 0. The van der Waals surface area contributed by atoms with E-state index < -0.39 is 0 Å². The van der Waals surface area contributed by atoms with Crippen molar-refractivity contribution in [1.29, 1.82) is 0 Å². The van der Waals surface area contributed by atoms with Crippen LogP contribution in [0, 0.1) is 0 Å². The van der Waals surface area contributed by atoms with Crippen LogP contribution < -0.4 is 0 Å².